The smallest absolute Gasteiger partial charge is 0.341 e. The molecule has 0 aliphatic carbocycles. The molecule has 19 heavy (non-hydrogen) atoms. The Hall–Kier alpha value is -2.04. The van der Waals surface area contributed by atoms with Crippen molar-refractivity contribution in [2.45, 2.75) is 26.7 Å². The highest BCUT2D eigenvalue weighted by molar-refractivity contribution is 5.92. The maximum Gasteiger partial charge on any atom is 0.341 e. The number of nitrogens with one attached hydrogen (secondary N) is 1. The molecule has 0 saturated heterocycles. The van der Waals surface area contributed by atoms with Gasteiger partial charge in [0.15, 0.2) is 6.61 Å². The fraction of sp³-hybridized carbons (Fsp3) is 0.429. The molecule has 0 saturated carbocycles. The Morgan fingerprint density at radius 1 is 1.42 bits per heavy atom. The second-order valence-electron chi connectivity index (χ2n) is 4.39. The van der Waals surface area contributed by atoms with Crippen LogP contribution in [0, 0.1) is 5.92 Å². The molecule has 1 aromatic rings. The highest BCUT2D eigenvalue weighted by Gasteiger charge is 2.12. The second kappa shape index (κ2) is 7.41. The molecule has 5 heteroatoms. The van der Waals surface area contributed by atoms with E-state index in [9.17, 15) is 9.59 Å². The number of aliphatic carboxylic acids is 1. The van der Waals surface area contributed by atoms with Gasteiger partial charge in [-0.2, -0.15) is 0 Å². The summed E-state index contributed by atoms with van der Waals surface area (Å²) in [7, 11) is 0. The molecule has 0 aliphatic rings. The van der Waals surface area contributed by atoms with E-state index in [1.165, 1.54) is 0 Å². The van der Waals surface area contributed by atoms with Gasteiger partial charge in [-0.25, -0.2) is 4.79 Å². The Bertz CT molecular complexity index is 445. The van der Waals surface area contributed by atoms with Crippen molar-refractivity contribution in [1.82, 2.24) is 0 Å². The van der Waals surface area contributed by atoms with Gasteiger partial charge in [0.1, 0.15) is 5.75 Å². The van der Waals surface area contributed by atoms with Crippen LogP contribution in [0.25, 0.3) is 0 Å². The lowest BCUT2D eigenvalue weighted by molar-refractivity contribution is -0.139. The molecule has 0 radical (unpaired) electrons. The minimum atomic E-state index is -1.04. The number of carboxylic acid groups (broad SMARTS) is 1. The average molecular weight is 265 g/mol. The van der Waals surface area contributed by atoms with Gasteiger partial charge in [0.2, 0.25) is 5.91 Å². The predicted molar refractivity (Wildman–Crippen MR) is 72.3 cm³/mol. The fourth-order valence-electron chi connectivity index (χ4n) is 1.64. The van der Waals surface area contributed by atoms with Gasteiger partial charge in [-0.3, -0.25) is 4.79 Å². The SMILES string of the molecule is CCCC(C)C(=O)Nc1cccc(OCC(=O)O)c1. The number of carboxylic acids is 1. The van der Waals surface area contributed by atoms with Gasteiger partial charge in [0.05, 0.1) is 0 Å². The quantitative estimate of drug-likeness (QED) is 0.794. The fourth-order valence-corrected chi connectivity index (χ4v) is 1.64. The molecular weight excluding hydrogens is 246 g/mol. The predicted octanol–water partition coefficient (Wildman–Crippen LogP) is 2.52. The summed E-state index contributed by atoms with van der Waals surface area (Å²) in [5.41, 5.74) is 0.607. The largest absolute Gasteiger partial charge is 0.482 e. The highest BCUT2D eigenvalue weighted by Crippen LogP contribution is 2.18. The number of hydrogen-bond donors (Lipinski definition) is 2. The van der Waals surface area contributed by atoms with Crippen molar-refractivity contribution in [3.63, 3.8) is 0 Å². The van der Waals surface area contributed by atoms with Gasteiger partial charge < -0.3 is 15.2 Å². The lowest BCUT2D eigenvalue weighted by Crippen LogP contribution is -2.20. The summed E-state index contributed by atoms with van der Waals surface area (Å²) in [5, 5.41) is 11.3. The van der Waals surface area contributed by atoms with Crippen LogP contribution in [-0.4, -0.2) is 23.6 Å². The average Bonchev–Trinajstić information content (AvgIpc) is 2.37. The first-order valence-corrected chi connectivity index (χ1v) is 6.28. The molecule has 0 aromatic heterocycles. The Morgan fingerprint density at radius 3 is 2.79 bits per heavy atom. The molecule has 2 N–H and O–H groups in total. The first kappa shape index (κ1) is 15.0. The highest BCUT2D eigenvalue weighted by atomic mass is 16.5. The molecule has 0 aliphatic heterocycles. The lowest BCUT2D eigenvalue weighted by atomic mass is 10.1. The van der Waals surface area contributed by atoms with Crippen molar-refractivity contribution < 1.29 is 19.4 Å². The van der Waals surface area contributed by atoms with Gasteiger partial charge in [0, 0.05) is 17.7 Å². The van der Waals surface area contributed by atoms with Crippen molar-refractivity contribution in [2.75, 3.05) is 11.9 Å². The Morgan fingerprint density at radius 2 is 2.16 bits per heavy atom. The number of hydrogen-bond acceptors (Lipinski definition) is 3. The summed E-state index contributed by atoms with van der Waals surface area (Å²) < 4.78 is 5.05. The molecule has 1 rings (SSSR count). The van der Waals surface area contributed by atoms with Crippen LogP contribution in [0.4, 0.5) is 5.69 Å². The van der Waals surface area contributed by atoms with Crippen LogP contribution >= 0.6 is 0 Å². The summed E-state index contributed by atoms with van der Waals surface area (Å²) in [6.07, 6.45) is 1.79. The van der Waals surface area contributed by atoms with E-state index in [1.54, 1.807) is 24.3 Å². The minimum Gasteiger partial charge on any atom is -0.482 e. The second-order valence-corrected chi connectivity index (χ2v) is 4.39. The number of carbonyl (C=O) groups is 2. The summed E-state index contributed by atoms with van der Waals surface area (Å²) in [4.78, 5) is 22.2. The molecule has 0 bridgehead atoms. The molecule has 1 atom stereocenters. The molecule has 1 aromatic carbocycles. The molecule has 1 amide bonds. The molecule has 0 fully saturated rings. The van der Waals surface area contributed by atoms with Crippen molar-refractivity contribution in [3.05, 3.63) is 24.3 Å². The first-order chi connectivity index (χ1) is 9.02. The van der Waals surface area contributed by atoms with Crippen LogP contribution in [0.1, 0.15) is 26.7 Å². The van der Waals surface area contributed by atoms with Gasteiger partial charge in [-0.05, 0) is 18.6 Å². The number of amides is 1. The number of anilines is 1. The zero-order valence-corrected chi connectivity index (χ0v) is 11.2. The zero-order valence-electron chi connectivity index (χ0n) is 11.2. The van der Waals surface area contributed by atoms with Crippen LogP contribution in [0.2, 0.25) is 0 Å². The van der Waals surface area contributed by atoms with Gasteiger partial charge >= 0.3 is 5.97 Å². The van der Waals surface area contributed by atoms with E-state index < -0.39 is 12.6 Å². The number of carbonyl (C=O) groups excluding carboxylic acids is 1. The van der Waals surface area contributed by atoms with Crippen molar-refractivity contribution >= 4 is 17.6 Å². The summed E-state index contributed by atoms with van der Waals surface area (Å²) >= 11 is 0. The Kier molecular flexibility index (Phi) is 5.85. The molecule has 5 nitrogen and oxygen atoms in total. The Labute approximate surface area is 112 Å². The summed E-state index contributed by atoms with van der Waals surface area (Å²) in [5.74, 6) is -0.708. The van der Waals surface area contributed by atoms with E-state index in [0.717, 1.165) is 12.8 Å². The van der Waals surface area contributed by atoms with Crippen LogP contribution in [0.5, 0.6) is 5.75 Å². The number of benzene rings is 1. The molecular formula is C14H19NO4. The van der Waals surface area contributed by atoms with E-state index in [-0.39, 0.29) is 11.8 Å². The maximum atomic E-state index is 11.8. The van der Waals surface area contributed by atoms with E-state index in [1.807, 2.05) is 13.8 Å². The molecule has 104 valence electrons. The molecule has 0 heterocycles. The standard InChI is InChI=1S/C14H19NO4/c1-3-5-10(2)14(18)15-11-6-4-7-12(8-11)19-9-13(16)17/h4,6-8,10H,3,5,9H2,1-2H3,(H,15,18)(H,16,17). The molecule has 1 unspecified atom stereocenters. The van der Waals surface area contributed by atoms with E-state index in [4.69, 9.17) is 9.84 Å². The normalized spacial score (nSPS) is 11.7. The minimum absolute atomic E-state index is 0.0442. The number of rotatable bonds is 7. The van der Waals surface area contributed by atoms with Gasteiger partial charge in [-0.1, -0.05) is 26.3 Å². The molecule has 0 spiro atoms. The van der Waals surface area contributed by atoms with Crippen molar-refractivity contribution in [1.29, 1.82) is 0 Å². The number of ether oxygens (including phenoxy) is 1. The van der Waals surface area contributed by atoms with Crippen molar-refractivity contribution in [2.24, 2.45) is 5.92 Å². The van der Waals surface area contributed by atoms with Crippen LogP contribution in [0.3, 0.4) is 0 Å². The summed E-state index contributed by atoms with van der Waals surface area (Å²) in [6, 6.07) is 6.70. The third kappa shape index (κ3) is 5.42. The van der Waals surface area contributed by atoms with E-state index in [0.29, 0.717) is 11.4 Å². The maximum absolute atomic E-state index is 11.8. The topological polar surface area (TPSA) is 75.6 Å². The summed E-state index contributed by atoms with van der Waals surface area (Å²) in [6.45, 7) is 3.51. The zero-order chi connectivity index (χ0) is 14.3. The van der Waals surface area contributed by atoms with Crippen LogP contribution in [-0.2, 0) is 9.59 Å². The van der Waals surface area contributed by atoms with Gasteiger partial charge in [0.25, 0.3) is 0 Å². The lowest BCUT2D eigenvalue weighted by Gasteiger charge is -2.12. The third-order valence-electron chi connectivity index (χ3n) is 2.63. The van der Waals surface area contributed by atoms with E-state index >= 15 is 0 Å². The van der Waals surface area contributed by atoms with Gasteiger partial charge in [-0.15, -0.1) is 0 Å². The van der Waals surface area contributed by atoms with Crippen LogP contribution < -0.4 is 10.1 Å². The van der Waals surface area contributed by atoms with Crippen LogP contribution in [0.15, 0.2) is 24.3 Å². The first-order valence-electron chi connectivity index (χ1n) is 6.28. The van der Waals surface area contributed by atoms with Crippen molar-refractivity contribution in [3.8, 4) is 5.75 Å². The monoisotopic (exact) mass is 265 g/mol. The van der Waals surface area contributed by atoms with E-state index in [2.05, 4.69) is 5.32 Å². The Balaban J connectivity index is 2.61. The third-order valence-corrected chi connectivity index (χ3v) is 2.63.